The standard InChI is InChI=1S/C32H50O2/c33-31-27-21-19-25-29(31)23-17-15-13-11-9-7-5-3-1-2-4-6-8-10-12-14-16-18-24-30-26-20-22-28-32(30)34/h19-22,25-28,33-34H,1-18,23-24H2. The maximum atomic E-state index is 9.79. The minimum absolute atomic E-state index is 0.454. The van der Waals surface area contributed by atoms with E-state index >= 15 is 0 Å². The van der Waals surface area contributed by atoms with Gasteiger partial charge in [0.15, 0.2) is 0 Å². The molecule has 2 nitrogen and oxygen atoms in total. The first-order chi connectivity index (χ1) is 16.8. The third-order valence-electron chi connectivity index (χ3n) is 7.13. The Bertz CT molecular complexity index is 676. The Morgan fingerprint density at radius 3 is 0.824 bits per heavy atom. The van der Waals surface area contributed by atoms with Crippen LogP contribution in [0, 0.1) is 0 Å². The predicted octanol–water partition coefficient (Wildman–Crippen LogP) is 9.90. The molecule has 0 amide bonds. The minimum atomic E-state index is 0.454. The van der Waals surface area contributed by atoms with Gasteiger partial charge in [0.1, 0.15) is 11.5 Å². The van der Waals surface area contributed by atoms with Crippen LogP contribution in [0.15, 0.2) is 48.5 Å². The van der Waals surface area contributed by atoms with Gasteiger partial charge in [-0.15, -0.1) is 0 Å². The van der Waals surface area contributed by atoms with Crippen LogP contribution in [0.3, 0.4) is 0 Å². The fourth-order valence-corrected chi connectivity index (χ4v) is 4.90. The van der Waals surface area contributed by atoms with Crippen molar-refractivity contribution in [3.05, 3.63) is 59.7 Å². The van der Waals surface area contributed by atoms with E-state index in [1.165, 1.54) is 116 Å². The molecule has 0 aliphatic rings. The molecule has 0 saturated heterocycles. The lowest BCUT2D eigenvalue weighted by molar-refractivity contribution is 0.465. The van der Waals surface area contributed by atoms with Crippen molar-refractivity contribution in [1.82, 2.24) is 0 Å². The maximum Gasteiger partial charge on any atom is 0.118 e. The highest BCUT2D eigenvalue weighted by Crippen LogP contribution is 2.20. The minimum Gasteiger partial charge on any atom is -0.508 e. The van der Waals surface area contributed by atoms with Crippen LogP contribution in [0.1, 0.15) is 127 Å². The van der Waals surface area contributed by atoms with Crippen LogP contribution in [-0.2, 0) is 12.8 Å². The zero-order valence-corrected chi connectivity index (χ0v) is 21.7. The molecule has 2 rings (SSSR count). The molecule has 0 aliphatic carbocycles. The number of benzene rings is 2. The van der Waals surface area contributed by atoms with Crippen molar-refractivity contribution >= 4 is 0 Å². The molecule has 2 heteroatoms. The molecule has 0 bridgehead atoms. The quantitative estimate of drug-likeness (QED) is 0.180. The molecule has 0 aliphatic heterocycles. The van der Waals surface area contributed by atoms with Crippen LogP contribution in [0.5, 0.6) is 11.5 Å². The second-order valence-corrected chi connectivity index (χ2v) is 10.1. The first-order valence-corrected chi connectivity index (χ1v) is 14.3. The van der Waals surface area contributed by atoms with Crippen molar-refractivity contribution in [2.24, 2.45) is 0 Å². The van der Waals surface area contributed by atoms with Gasteiger partial charge in [-0.2, -0.15) is 0 Å². The number of hydrogen-bond donors (Lipinski definition) is 2. The highest BCUT2D eigenvalue weighted by atomic mass is 16.3. The molecule has 0 aromatic heterocycles. The monoisotopic (exact) mass is 466 g/mol. The number of unbranched alkanes of at least 4 members (excludes halogenated alkanes) is 17. The first kappa shape index (κ1) is 28.3. The zero-order chi connectivity index (χ0) is 24.1. The lowest BCUT2D eigenvalue weighted by Crippen LogP contribution is -1.87. The Morgan fingerprint density at radius 2 is 0.559 bits per heavy atom. The van der Waals surface area contributed by atoms with Gasteiger partial charge >= 0.3 is 0 Å². The van der Waals surface area contributed by atoms with E-state index in [0.29, 0.717) is 11.5 Å². The maximum absolute atomic E-state index is 9.79. The number of aryl methyl sites for hydroxylation is 2. The van der Waals surface area contributed by atoms with Gasteiger partial charge in [-0.3, -0.25) is 0 Å². The molecule has 0 fully saturated rings. The van der Waals surface area contributed by atoms with Gasteiger partial charge in [0.2, 0.25) is 0 Å². The van der Waals surface area contributed by atoms with Gasteiger partial charge in [-0.05, 0) is 48.9 Å². The van der Waals surface area contributed by atoms with Gasteiger partial charge in [0, 0.05) is 0 Å². The second kappa shape index (κ2) is 19.4. The first-order valence-electron chi connectivity index (χ1n) is 14.3. The number of phenolic OH excluding ortho intramolecular Hbond substituents is 2. The molecule has 34 heavy (non-hydrogen) atoms. The van der Waals surface area contributed by atoms with Gasteiger partial charge in [-0.1, -0.05) is 139 Å². The number of hydrogen-bond acceptors (Lipinski definition) is 2. The molecule has 2 N–H and O–H groups in total. The summed E-state index contributed by atoms with van der Waals surface area (Å²) in [6.45, 7) is 0. The molecule has 0 unspecified atom stereocenters. The Hall–Kier alpha value is -1.96. The lowest BCUT2D eigenvalue weighted by Gasteiger charge is -2.05. The van der Waals surface area contributed by atoms with E-state index < -0.39 is 0 Å². The van der Waals surface area contributed by atoms with E-state index in [0.717, 1.165) is 24.0 Å². The summed E-state index contributed by atoms with van der Waals surface area (Å²) in [5, 5.41) is 19.6. The van der Waals surface area contributed by atoms with E-state index in [1.54, 1.807) is 12.1 Å². The molecule has 0 saturated carbocycles. The van der Waals surface area contributed by atoms with E-state index in [1.807, 2.05) is 36.4 Å². The molecule has 0 atom stereocenters. The van der Waals surface area contributed by atoms with Crippen molar-refractivity contribution in [2.45, 2.75) is 128 Å². The molecule has 190 valence electrons. The fraction of sp³-hybridized carbons (Fsp3) is 0.625. The molecule has 2 aromatic rings. The Labute approximate surface area is 209 Å². The van der Waals surface area contributed by atoms with Gasteiger partial charge in [0.05, 0.1) is 0 Å². The summed E-state index contributed by atoms with van der Waals surface area (Å²) >= 11 is 0. The highest BCUT2D eigenvalue weighted by Gasteiger charge is 2.00. The molecule has 0 spiro atoms. The number of phenols is 2. The summed E-state index contributed by atoms with van der Waals surface area (Å²) in [6, 6.07) is 15.5. The van der Waals surface area contributed by atoms with E-state index in [2.05, 4.69) is 0 Å². The zero-order valence-electron chi connectivity index (χ0n) is 21.7. The third-order valence-corrected chi connectivity index (χ3v) is 7.13. The van der Waals surface area contributed by atoms with Crippen molar-refractivity contribution in [1.29, 1.82) is 0 Å². The van der Waals surface area contributed by atoms with Crippen LogP contribution in [-0.4, -0.2) is 10.2 Å². The van der Waals surface area contributed by atoms with Crippen molar-refractivity contribution in [2.75, 3.05) is 0 Å². The smallest absolute Gasteiger partial charge is 0.118 e. The number of rotatable bonds is 21. The lowest BCUT2D eigenvalue weighted by atomic mass is 10.0. The summed E-state index contributed by atoms with van der Waals surface area (Å²) in [7, 11) is 0. The van der Waals surface area contributed by atoms with Crippen LogP contribution in [0.2, 0.25) is 0 Å². The number of para-hydroxylation sites is 2. The molecule has 0 heterocycles. The van der Waals surface area contributed by atoms with E-state index in [-0.39, 0.29) is 0 Å². The van der Waals surface area contributed by atoms with E-state index in [4.69, 9.17) is 0 Å². The average Bonchev–Trinajstić information content (AvgIpc) is 2.85. The Kier molecular flexibility index (Phi) is 16.1. The third kappa shape index (κ3) is 13.7. The molecule has 2 aromatic carbocycles. The van der Waals surface area contributed by atoms with Crippen molar-refractivity contribution in [3.8, 4) is 11.5 Å². The number of aromatic hydroxyl groups is 2. The molecule has 0 radical (unpaired) electrons. The van der Waals surface area contributed by atoms with E-state index in [9.17, 15) is 10.2 Å². The topological polar surface area (TPSA) is 40.5 Å². The summed E-state index contributed by atoms with van der Waals surface area (Å²) in [6.07, 6.45) is 26.5. The Morgan fingerprint density at radius 1 is 0.324 bits per heavy atom. The largest absolute Gasteiger partial charge is 0.508 e. The van der Waals surface area contributed by atoms with Crippen LogP contribution in [0.25, 0.3) is 0 Å². The Balaban J connectivity index is 1.24. The molecular formula is C32H50O2. The van der Waals surface area contributed by atoms with Gasteiger partial charge in [0.25, 0.3) is 0 Å². The predicted molar refractivity (Wildman–Crippen MR) is 147 cm³/mol. The summed E-state index contributed by atoms with van der Waals surface area (Å²) in [5.41, 5.74) is 2.19. The molecular weight excluding hydrogens is 416 g/mol. The second-order valence-electron chi connectivity index (χ2n) is 10.1. The van der Waals surface area contributed by atoms with Crippen molar-refractivity contribution in [3.63, 3.8) is 0 Å². The normalized spacial score (nSPS) is 11.2. The summed E-state index contributed by atoms with van der Waals surface area (Å²) in [5.74, 6) is 0.909. The van der Waals surface area contributed by atoms with Crippen LogP contribution in [0.4, 0.5) is 0 Å². The van der Waals surface area contributed by atoms with Crippen molar-refractivity contribution < 1.29 is 10.2 Å². The van der Waals surface area contributed by atoms with Gasteiger partial charge < -0.3 is 10.2 Å². The average molecular weight is 467 g/mol. The SMILES string of the molecule is Oc1ccccc1CCCCCCCCCCCCCCCCCCCCc1ccccc1O. The van der Waals surface area contributed by atoms with Crippen LogP contribution < -0.4 is 0 Å². The van der Waals surface area contributed by atoms with Crippen LogP contribution >= 0.6 is 0 Å². The summed E-state index contributed by atoms with van der Waals surface area (Å²) in [4.78, 5) is 0. The fourth-order valence-electron chi connectivity index (χ4n) is 4.90. The highest BCUT2D eigenvalue weighted by molar-refractivity contribution is 5.32. The summed E-state index contributed by atoms with van der Waals surface area (Å²) < 4.78 is 0. The van der Waals surface area contributed by atoms with Gasteiger partial charge in [-0.25, -0.2) is 0 Å².